The van der Waals surface area contributed by atoms with Gasteiger partial charge in [0.1, 0.15) is 15.4 Å². The number of hydrogen-bond acceptors (Lipinski definition) is 7. The number of sulfone groups is 1. The molecule has 1 fully saturated rings. The van der Waals surface area contributed by atoms with E-state index in [0.717, 1.165) is 40.4 Å². The van der Waals surface area contributed by atoms with E-state index in [9.17, 15) is 22.3 Å². The van der Waals surface area contributed by atoms with Gasteiger partial charge in [-0.3, -0.25) is 9.58 Å². The molecule has 4 rings (SSSR count). The van der Waals surface area contributed by atoms with E-state index in [1.54, 1.807) is 10.9 Å². The van der Waals surface area contributed by atoms with Crippen LogP contribution in [0.3, 0.4) is 0 Å². The molecule has 0 amide bonds. The molecule has 172 valence electrons. The van der Waals surface area contributed by atoms with Crippen molar-refractivity contribution in [3.63, 3.8) is 0 Å². The van der Waals surface area contributed by atoms with Gasteiger partial charge in [0.2, 0.25) is 0 Å². The van der Waals surface area contributed by atoms with Gasteiger partial charge in [-0.15, -0.1) is 11.3 Å². The number of alkyl halides is 2. The van der Waals surface area contributed by atoms with Crippen LogP contribution in [0.25, 0.3) is 0 Å². The molecular weight excluding hydrogens is 448 g/mol. The summed E-state index contributed by atoms with van der Waals surface area (Å²) >= 11 is 1.10. The molecule has 0 saturated carbocycles. The van der Waals surface area contributed by atoms with E-state index >= 15 is 0 Å². The van der Waals surface area contributed by atoms with Crippen LogP contribution in [-0.4, -0.2) is 59.9 Å². The fourth-order valence-corrected chi connectivity index (χ4v) is 6.42. The van der Waals surface area contributed by atoms with Crippen LogP contribution >= 0.6 is 11.3 Å². The van der Waals surface area contributed by atoms with Crippen LogP contribution < -0.4 is 0 Å². The first-order chi connectivity index (χ1) is 14.7. The quantitative estimate of drug-likeness (QED) is 0.662. The molecule has 0 aliphatic carbocycles. The SMILES string of the molecule is CS(=O)(=O)CCn1cc(CN2CCC3(CC2)OCCc2c3sc(C(F)F)c2CO)cn1. The minimum atomic E-state index is -3.04. The second-order valence-electron chi connectivity index (χ2n) is 8.32. The number of fused-ring (bicyclic) bond motifs is 2. The Balaban J connectivity index is 1.42. The lowest BCUT2D eigenvalue weighted by atomic mass is 9.84. The highest BCUT2D eigenvalue weighted by Gasteiger charge is 2.44. The maximum atomic E-state index is 13.5. The molecule has 0 aromatic carbocycles. The fraction of sp³-hybridized carbons (Fsp3) is 0.650. The molecule has 7 nitrogen and oxygen atoms in total. The lowest BCUT2D eigenvalue weighted by molar-refractivity contribution is -0.0962. The van der Waals surface area contributed by atoms with E-state index < -0.39 is 21.9 Å². The normalized spacial score (nSPS) is 19.3. The number of nitrogens with zero attached hydrogens (tertiary/aromatic N) is 3. The minimum Gasteiger partial charge on any atom is -0.392 e. The molecule has 4 heterocycles. The zero-order valence-electron chi connectivity index (χ0n) is 17.4. The Morgan fingerprint density at radius 3 is 2.74 bits per heavy atom. The van der Waals surface area contributed by atoms with Crippen LogP contribution in [0, 0.1) is 0 Å². The van der Waals surface area contributed by atoms with Crippen LogP contribution in [0.4, 0.5) is 8.78 Å². The summed E-state index contributed by atoms with van der Waals surface area (Å²) < 4.78 is 57.5. The molecule has 31 heavy (non-hydrogen) atoms. The highest BCUT2D eigenvalue weighted by Crippen LogP contribution is 2.49. The Morgan fingerprint density at radius 2 is 2.10 bits per heavy atom. The molecule has 2 aromatic heterocycles. The van der Waals surface area contributed by atoms with Crippen molar-refractivity contribution in [1.29, 1.82) is 0 Å². The zero-order chi connectivity index (χ0) is 22.2. The third kappa shape index (κ3) is 4.85. The Hall–Kier alpha value is -1.40. The molecule has 2 aliphatic rings. The first kappa shape index (κ1) is 22.8. The summed E-state index contributed by atoms with van der Waals surface area (Å²) in [4.78, 5) is 3.11. The van der Waals surface area contributed by atoms with Crippen LogP contribution in [-0.2, 0) is 46.3 Å². The predicted molar refractivity (Wildman–Crippen MR) is 113 cm³/mol. The maximum absolute atomic E-state index is 13.5. The zero-order valence-corrected chi connectivity index (χ0v) is 19.0. The van der Waals surface area contributed by atoms with Crippen LogP contribution in [0.2, 0.25) is 0 Å². The molecule has 0 bridgehead atoms. The molecule has 0 atom stereocenters. The van der Waals surface area contributed by atoms with Gasteiger partial charge in [0, 0.05) is 48.1 Å². The second-order valence-corrected chi connectivity index (χ2v) is 11.6. The van der Waals surface area contributed by atoms with Crippen LogP contribution in [0.1, 0.15) is 45.7 Å². The summed E-state index contributed by atoms with van der Waals surface area (Å²) in [5.41, 5.74) is 1.70. The molecule has 0 unspecified atom stereocenters. The van der Waals surface area contributed by atoms with Crippen LogP contribution in [0.15, 0.2) is 12.4 Å². The van der Waals surface area contributed by atoms with Gasteiger partial charge < -0.3 is 9.84 Å². The number of thiophene rings is 1. The van der Waals surface area contributed by atoms with Gasteiger partial charge in [-0.2, -0.15) is 5.10 Å². The van der Waals surface area contributed by atoms with Crippen molar-refractivity contribution in [1.82, 2.24) is 14.7 Å². The fourth-order valence-electron chi connectivity index (χ4n) is 4.49. The molecule has 2 aliphatic heterocycles. The topological polar surface area (TPSA) is 84.7 Å². The number of piperidine rings is 1. The smallest absolute Gasteiger partial charge is 0.273 e. The van der Waals surface area contributed by atoms with Gasteiger partial charge in [-0.1, -0.05) is 0 Å². The molecular formula is C20H27F2N3O4S2. The first-order valence-electron chi connectivity index (χ1n) is 10.3. The van der Waals surface area contributed by atoms with Gasteiger partial charge in [-0.05, 0) is 24.8 Å². The molecule has 1 N–H and O–H groups in total. The summed E-state index contributed by atoms with van der Waals surface area (Å²) in [6.45, 7) is 2.64. The van der Waals surface area contributed by atoms with E-state index in [1.807, 2.05) is 6.20 Å². The molecule has 1 saturated heterocycles. The highest BCUT2D eigenvalue weighted by molar-refractivity contribution is 7.90. The van der Waals surface area contributed by atoms with Crippen molar-refractivity contribution in [3.05, 3.63) is 38.8 Å². The summed E-state index contributed by atoms with van der Waals surface area (Å²) in [5, 5.41) is 13.9. The lowest BCUT2D eigenvalue weighted by Crippen LogP contribution is -2.45. The summed E-state index contributed by atoms with van der Waals surface area (Å²) in [6.07, 6.45) is 4.21. The van der Waals surface area contributed by atoms with Crippen molar-refractivity contribution >= 4 is 21.2 Å². The van der Waals surface area contributed by atoms with E-state index in [1.165, 1.54) is 6.26 Å². The van der Waals surface area contributed by atoms with E-state index in [2.05, 4.69) is 10.00 Å². The summed E-state index contributed by atoms with van der Waals surface area (Å²) in [5.74, 6) is 0.0529. The van der Waals surface area contributed by atoms with E-state index in [4.69, 9.17) is 4.74 Å². The maximum Gasteiger partial charge on any atom is 0.273 e. The number of ether oxygens (including phenoxy) is 1. The number of aliphatic hydroxyl groups excluding tert-OH is 1. The Labute approximate surface area is 184 Å². The summed E-state index contributed by atoms with van der Waals surface area (Å²) in [6, 6.07) is 0. The Bertz CT molecular complexity index is 1030. The van der Waals surface area contributed by atoms with Crippen LogP contribution in [0.5, 0.6) is 0 Å². The van der Waals surface area contributed by atoms with Crippen molar-refractivity contribution in [2.45, 2.75) is 51.0 Å². The number of halogens is 2. The van der Waals surface area contributed by atoms with E-state index in [-0.39, 0.29) is 17.2 Å². The second kappa shape index (κ2) is 8.86. The largest absolute Gasteiger partial charge is 0.392 e. The minimum absolute atomic E-state index is 0.0266. The number of hydrogen-bond donors (Lipinski definition) is 1. The summed E-state index contributed by atoms with van der Waals surface area (Å²) in [7, 11) is -3.04. The molecule has 1 spiro atoms. The third-order valence-corrected chi connectivity index (χ3v) is 8.49. The molecule has 11 heteroatoms. The van der Waals surface area contributed by atoms with Gasteiger partial charge in [0.05, 0.1) is 36.6 Å². The van der Waals surface area contributed by atoms with Gasteiger partial charge in [0.15, 0.2) is 0 Å². The average molecular weight is 476 g/mol. The standard InChI is InChI=1S/C20H27F2N3O4S2/c1-31(27,28)9-7-25-12-14(10-23-25)11-24-5-3-20(4-6-24)18-15(2-8-29-20)16(13-26)17(30-18)19(21)22/h10,12,19,26H,2-9,11,13H2,1H3. The first-order valence-corrected chi connectivity index (χ1v) is 13.2. The number of aliphatic hydroxyl groups is 1. The number of rotatable bonds is 7. The highest BCUT2D eigenvalue weighted by atomic mass is 32.2. The van der Waals surface area contributed by atoms with Crippen molar-refractivity contribution in [2.24, 2.45) is 0 Å². The number of aromatic nitrogens is 2. The molecule has 0 radical (unpaired) electrons. The monoisotopic (exact) mass is 475 g/mol. The van der Waals surface area contributed by atoms with Gasteiger partial charge in [-0.25, -0.2) is 17.2 Å². The Kier molecular flexibility index (Phi) is 6.51. The Morgan fingerprint density at radius 1 is 1.35 bits per heavy atom. The average Bonchev–Trinajstić information content (AvgIpc) is 3.33. The van der Waals surface area contributed by atoms with Crippen molar-refractivity contribution in [3.8, 4) is 0 Å². The van der Waals surface area contributed by atoms with Crippen molar-refractivity contribution < 1.29 is 27.0 Å². The molecule has 2 aromatic rings. The third-order valence-electron chi connectivity index (χ3n) is 6.10. The van der Waals surface area contributed by atoms with Gasteiger partial charge >= 0.3 is 0 Å². The lowest BCUT2D eigenvalue weighted by Gasteiger charge is -2.43. The number of likely N-dealkylation sites (tertiary alicyclic amines) is 1. The number of aryl methyl sites for hydroxylation is 1. The predicted octanol–water partition coefficient (Wildman–Crippen LogP) is 2.48. The van der Waals surface area contributed by atoms with Crippen molar-refractivity contribution in [2.75, 3.05) is 31.7 Å². The van der Waals surface area contributed by atoms with Gasteiger partial charge in [0.25, 0.3) is 6.43 Å². The van der Waals surface area contributed by atoms with E-state index in [0.29, 0.717) is 44.5 Å².